The Balaban J connectivity index is 3.19. The van der Waals surface area contributed by atoms with Crippen LogP contribution in [0.3, 0.4) is 0 Å². The summed E-state index contributed by atoms with van der Waals surface area (Å²) in [6.45, 7) is -0.194. The predicted molar refractivity (Wildman–Crippen MR) is 58.5 cm³/mol. The van der Waals surface area contributed by atoms with E-state index in [1.807, 2.05) is 0 Å². The topological polar surface area (TPSA) is 127 Å². The van der Waals surface area contributed by atoms with Crippen molar-refractivity contribution in [3.63, 3.8) is 0 Å². The van der Waals surface area contributed by atoms with Gasteiger partial charge in [0, 0.05) is 24.2 Å². The van der Waals surface area contributed by atoms with Crippen LogP contribution in [0.2, 0.25) is 0 Å². The molecule has 0 fully saturated rings. The van der Waals surface area contributed by atoms with Gasteiger partial charge in [-0.3, -0.25) is 14.9 Å². The first-order valence-electron chi connectivity index (χ1n) is 4.80. The normalized spacial score (nSPS) is 14.1. The molecule has 7 heteroatoms. The Bertz CT molecular complexity index is 435. The number of aldehydes is 1. The van der Waals surface area contributed by atoms with E-state index < -0.39 is 17.1 Å². The van der Waals surface area contributed by atoms with Gasteiger partial charge in [0.15, 0.2) is 0 Å². The van der Waals surface area contributed by atoms with Gasteiger partial charge in [-0.2, -0.15) is 0 Å². The van der Waals surface area contributed by atoms with Gasteiger partial charge in [-0.1, -0.05) is 0 Å². The number of nitro groups is 1. The minimum absolute atomic E-state index is 0.0532. The van der Waals surface area contributed by atoms with E-state index in [1.165, 1.54) is 6.07 Å². The van der Waals surface area contributed by atoms with E-state index in [4.69, 9.17) is 5.73 Å². The zero-order valence-corrected chi connectivity index (χ0v) is 8.81. The molecule has 0 spiro atoms. The highest BCUT2D eigenvalue weighted by Gasteiger charge is 2.20. The highest BCUT2D eigenvalue weighted by Crippen LogP contribution is 2.23. The van der Waals surface area contributed by atoms with Crippen molar-refractivity contribution < 1.29 is 19.9 Å². The molecule has 0 amide bonds. The number of rotatable bonds is 5. The summed E-state index contributed by atoms with van der Waals surface area (Å²) >= 11 is 0. The molecular weight excluding hydrogens is 228 g/mol. The molecule has 0 saturated carbocycles. The molecule has 0 aliphatic rings. The van der Waals surface area contributed by atoms with E-state index >= 15 is 0 Å². The molecule has 4 N–H and O–H groups in total. The van der Waals surface area contributed by atoms with Crippen LogP contribution < -0.4 is 5.73 Å². The first kappa shape index (κ1) is 13.2. The van der Waals surface area contributed by atoms with Crippen LogP contribution >= 0.6 is 0 Å². The summed E-state index contributed by atoms with van der Waals surface area (Å²) in [6.07, 6.45) is -2.17. The molecule has 1 aromatic carbocycles. The lowest BCUT2D eigenvalue weighted by molar-refractivity contribution is -0.385. The average molecular weight is 240 g/mol. The standard InChI is InChI=1S/C10H12N2O5/c11-4-9(14)10(15)7-1-6(5-13)2-8(3-7)12(16)17/h1-3,5,9-10,14-15H,4,11H2. The van der Waals surface area contributed by atoms with Crippen LogP contribution in [0.5, 0.6) is 0 Å². The van der Waals surface area contributed by atoms with E-state index in [9.17, 15) is 25.1 Å². The zero-order chi connectivity index (χ0) is 13.0. The number of carbonyl (C=O) groups is 1. The number of hydrogen-bond acceptors (Lipinski definition) is 6. The third-order valence-corrected chi connectivity index (χ3v) is 2.26. The Kier molecular flexibility index (Phi) is 4.27. The van der Waals surface area contributed by atoms with Gasteiger partial charge in [0.2, 0.25) is 0 Å². The summed E-state index contributed by atoms with van der Waals surface area (Å²) < 4.78 is 0. The zero-order valence-electron chi connectivity index (χ0n) is 8.81. The fraction of sp³-hybridized carbons (Fsp3) is 0.300. The Morgan fingerprint density at radius 2 is 2.06 bits per heavy atom. The van der Waals surface area contributed by atoms with Crippen LogP contribution in [0, 0.1) is 10.1 Å². The molecule has 2 unspecified atom stereocenters. The van der Waals surface area contributed by atoms with Crippen LogP contribution in [0.1, 0.15) is 22.0 Å². The molecule has 7 nitrogen and oxygen atoms in total. The monoisotopic (exact) mass is 240 g/mol. The Hall–Kier alpha value is -1.83. The van der Waals surface area contributed by atoms with Gasteiger partial charge in [0.05, 0.1) is 11.0 Å². The van der Waals surface area contributed by atoms with E-state index in [0.717, 1.165) is 12.1 Å². The summed E-state index contributed by atoms with van der Waals surface area (Å²) in [7, 11) is 0. The number of aliphatic hydroxyl groups excluding tert-OH is 2. The number of aliphatic hydroxyl groups is 2. The van der Waals surface area contributed by atoms with Gasteiger partial charge in [-0.05, 0) is 11.6 Å². The lowest BCUT2D eigenvalue weighted by Crippen LogP contribution is -2.27. The SMILES string of the molecule is NCC(O)C(O)c1cc(C=O)cc([N+](=O)[O-])c1. The lowest BCUT2D eigenvalue weighted by Gasteiger charge is -2.16. The Morgan fingerprint density at radius 1 is 1.41 bits per heavy atom. The van der Waals surface area contributed by atoms with E-state index in [1.54, 1.807) is 0 Å². The number of nitrogens with zero attached hydrogens (tertiary/aromatic N) is 1. The molecule has 0 aromatic heterocycles. The molecule has 92 valence electrons. The third kappa shape index (κ3) is 3.06. The minimum Gasteiger partial charge on any atom is -0.389 e. The summed E-state index contributed by atoms with van der Waals surface area (Å²) in [5, 5.41) is 29.6. The lowest BCUT2D eigenvalue weighted by atomic mass is 10.0. The van der Waals surface area contributed by atoms with Crippen molar-refractivity contribution in [2.75, 3.05) is 6.54 Å². The van der Waals surface area contributed by atoms with Gasteiger partial charge in [-0.15, -0.1) is 0 Å². The van der Waals surface area contributed by atoms with Crippen molar-refractivity contribution in [2.45, 2.75) is 12.2 Å². The second-order valence-electron chi connectivity index (χ2n) is 3.48. The molecular formula is C10H12N2O5. The summed E-state index contributed by atoms with van der Waals surface area (Å²) in [5.41, 5.74) is 4.98. The third-order valence-electron chi connectivity index (χ3n) is 2.26. The van der Waals surface area contributed by atoms with Crippen molar-refractivity contribution in [3.05, 3.63) is 39.4 Å². The quantitative estimate of drug-likeness (QED) is 0.370. The largest absolute Gasteiger partial charge is 0.389 e. The van der Waals surface area contributed by atoms with Crippen LogP contribution in [0.25, 0.3) is 0 Å². The van der Waals surface area contributed by atoms with Crippen LogP contribution in [0.4, 0.5) is 5.69 Å². The maximum atomic E-state index is 10.6. The van der Waals surface area contributed by atoms with Crippen LogP contribution in [0.15, 0.2) is 18.2 Å². The number of benzene rings is 1. The maximum Gasteiger partial charge on any atom is 0.270 e. The molecule has 17 heavy (non-hydrogen) atoms. The minimum atomic E-state index is -1.36. The fourth-order valence-corrected chi connectivity index (χ4v) is 1.35. The maximum absolute atomic E-state index is 10.6. The highest BCUT2D eigenvalue weighted by molar-refractivity contribution is 5.76. The first-order chi connectivity index (χ1) is 7.99. The van der Waals surface area contributed by atoms with Crippen molar-refractivity contribution >= 4 is 12.0 Å². The number of nitro benzene ring substituents is 1. The molecule has 0 saturated heterocycles. The van der Waals surface area contributed by atoms with Crippen molar-refractivity contribution in [3.8, 4) is 0 Å². The number of non-ortho nitro benzene ring substituents is 1. The number of nitrogens with two attached hydrogens (primary N) is 1. The first-order valence-corrected chi connectivity index (χ1v) is 4.80. The van der Waals surface area contributed by atoms with Gasteiger partial charge in [0.1, 0.15) is 12.4 Å². The van der Waals surface area contributed by atoms with Gasteiger partial charge in [0.25, 0.3) is 5.69 Å². The second kappa shape index (κ2) is 5.48. The van der Waals surface area contributed by atoms with E-state index in [-0.39, 0.29) is 23.4 Å². The molecule has 0 aliphatic carbocycles. The van der Waals surface area contributed by atoms with E-state index in [0.29, 0.717) is 6.29 Å². The van der Waals surface area contributed by atoms with Crippen molar-refractivity contribution in [1.29, 1.82) is 0 Å². The summed E-state index contributed by atoms with van der Waals surface area (Å²) in [4.78, 5) is 20.5. The smallest absolute Gasteiger partial charge is 0.270 e. The van der Waals surface area contributed by atoms with Crippen molar-refractivity contribution in [2.24, 2.45) is 5.73 Å². The number of carbonyl (C=O) groups excluding carboxylic acids is 1. The van der Waals surface area contributed by atoms with E-state index in [2.05, 4.69) is 0 Å². The van der Waals surface area contributed by atoms with Gasteiger partial charge < -0.3 is 15.9 Å². The van der Waals surface area contributed by atoms with Gasteiger partial charge >= 0.3 is 0 Å². The molecule has 0 radical (unpaired) electrons. The molecule has 1 rings (SSSR count). The average Bonchev–Trinajstić information content (AvgIpc) is 2.36. The Morgan fingerprint density at radius 3 is 2.53 bits per heavy atom. The van der Waals surface area contributed by atoms with Gasteiger partial charge in [-0.25, -0.2) is 0 Å². The van der Waals surface area contributed by atoms with Crippen LogP contribution in [-0.4, -0.2) is 34.1 Å². The van der Waals surface area contributed by atoms with Crippen molar-refractivity contribution in [1.82, 2.24) is 0 Å². The molecule has 0 bridgehead atoms. The molecule has 0 heterocycles. The fourth-order valence-electron chi connectivity index (χ4n) is 1.35. The summed E-state index contributed by atoms with van der Waals surface area (Å²) in [5.74, 6) is 0. The summed E-state index contributed by atoms with van der Waals surface area (Å²) in [6, 6.07) is 3.44. The number of hydrogen-bond donors (Lipinski definition) is 3. The van der Waals surface area contributed by atoms with Crippen LogP contribution in [-0.2, 0) is 0 Å². The highest BCUT2D eigenvalue weighted by atomic mass is 16.6. The Labute approximate surface area is 96.6 Å². The molecule has 0 aliphatic heterocycles. The predicted octanol–water partition coefficient (Wildman–Crippen LogP) is -0.240. The molecule has 2 atom stereocenters. The molecule has 1 aromatic rings. The second-order valence-corrected chi connectivity index (χ2v) is 3.48.